The van der Waals surface area contributed by atoms with Crippen molar-refractivity contribution in [3.63, 3.8) is 0 Å². The lowest BCUT2D eigenvalue weighted by Gasteiger charge is -2.23. The van der Waals surface area contributed by atoms with E-state index in [2.05, 4.69) is 5.32 Å². The van der Waals surface area contributed by atoms with Gasteiger partial charge in [-0.15, -0.1) is 0 Å². The lowest BCUT2D eigenvalue weighted by molar-refractivity contribution is 0.155. The first-order valence-corrected chi connectivity index (χ1v) is 9.64. The fraction of sp³-hybridized carbons (Fsp3) is 0.650. The summed E-state index contributed by atoms with van der Waals surface area (Å²) >= 11 is 0. The Labute approximate surface area is 150 Å². The summed E-state index contributed by atoms with van der Waals surface area (Å²) in [5, 5.41) is 12.0. The smallest absolute Gasteiger partial charge is 0.317 e. The molecule has 1 saturated heterocycles. The Morgan fingerprint density at radius 1 is 1.24 bits per heavy atom. The molecule has 1 saturated carbocycles. The van der Waals surface area contributed by atoms with Crippen molar-refractivity contribution in [2.24, 2.45) is 5.92 Å². The van der Waals surface area contributed by atoms with E-state index in [-0.39, 0.29) is 12.6 Å². The minimum absolute atomic E-state index is 0.0148. The van der Waals surface area contributed by atoms with Crippen LogP contribution in [0.5, 0.6) is 5.75 Å². The number of hydrogen-bond acceptors (Lipinski definition) is 3. The molecule has 138 valence electrons. The van der Waals surface area contributed by atoms with Crippen LogP contribution in [0, 0.1) is 5.92 Å². The number of hydrogen-bond donors (Lipinski definition) is 2. The van der Waals surface area contributed by atoms with Crippen LogP contribution in [0.4, 0.5) is 4.79 Å². The molecular formula is C20H30N2O3. The third kappa shape index (κ3) is 5.36. The highest BCUT2D eigenvalue weighted by Gasteiger charge is 2.25. The number of aliphatic hydroxyl groups is 1. The van der Waals surface area contributed by atoms with E-state index in [4.69, 9.17) is 9.84 Å². The van der Waals surface area contributed by atoms with Crippen molar-refractivity contribution in [2.75, 3.05) is 19.7 Å². The molecule has 1 aliphatic heterocycles. The minimum Gasteiger partial charge on any atom is -0.490 e. The molecule has 5 heteroatoms. The number of carbonyl (C=O) groups is 1. The molecular weight excluding hydrogens is 316 g/mol. The first-order valence-electron chi connectivity index (χ1n) is 9.64. The Morgan fingerprint density at radius 3 is 2.88 bits per heavy atom. The van der Waals surface area contributed by atoms with Gasteiger partial charge in [-0.1, -0.05) is 18.6 Å². The van der Waals surface area contributed by atoms with Crippen molar-refractivity contribution >= 4 is 6.03 Å². The topological polar surface area (TPSA) is 61.8 Å². The summed E-state index contributed by atoms with van der Waals surface area (Å²) < 4.78 is 6.10. The number of nitrogens with one attached hydrogen (secondary N) is 1. The fourth-order valence-corrected chi connectivity index (χ4v) is 3.83. The summed E-state index contributed by atoms with van der Waals surface area (Å²) in [6.45, 7) is 2.24. The SMILES string of the molecule is O=C(NCc1cccc(OC2CCCCC2)c1)N1CC[C@H](CCO)C1. The number of amides is 2. The minimum atomic E-state index is -0.0148. The van der Waals surface area contributed by atoms with Crippen LogP contribution >= 0.6 is 0 Å². The standard InChI is InChI=1S/C20H30N2O3/c23-12-10-16-9-11-22(15-16)20(24)21-14-17-5-4-8-19(13-17)25-18-6-2-1-3-7-18/h4-5,8,13,16,18,23H,1-3,6-7,9-12,14-15H2,(H,21,24)/t16-/m1/s1. The van der Waals surface area contributed by atoms with Crippen molar-refractivity contribution in [2.45, 2.75) is 57.6 Å². The highest BCUT2D eigenvalue weighted by molar-refractivity contribution is 5.74. The predicted molar refractivity (Wildman–Crippen MR) is 97.6 cm³/mol. The Morgan fingerprint density at radius 2 is 2.08 bits per heavy atom. The fourth-order valence-electron chi connectivity index (χ4n) is 3.83. The number of carbonyl (C=O) groups excluding carboxylic acids is 1. The normalized spacial score (nSPS) is 21.3. The second-order valence-corrected chi connectivity index (χ2v) is 7.30. The van der Waals surface area contributed by atoms with Crippen molar-refractivity contribution in [3.8, 4) is 5.75 Å². The number of rotatable bonds is 6. The van der Waals surface area contributed by atoms with E-state index in [0.717, 1.165) is 50.1 Å². The van der Waals surface area contributed by atoms with E-state index in [9.17, 15) is 4.79 Å². The molecule has 2 aliphatic rings. The van der Waals surface area contributed by atoms with E-state index >= 15 is 0 Å². The lowest BCUT2D eigenvalue weighted by Crippen LogP contribution is -2.38. The van der Waals surface area contributed by atoms with Gasteiger partial charge in [0.1, 0.15) is 5.75 Å². The molecule has 1 atom stereocenters. The molecule has 5 nitrogen and oxygen atoms in total. The van der Waals surface area contributed by atoms with Gasteiger partial charge in [-0.2, -0.15) is 0 Å². The van der Waals surface area contributed by atoms with Crippen LogP contribution in [0.2, 0.25) is 0 Å². The molecule has 0 spiro atoms. The molecule has 2 amide bonds. The van der Waals surface area contributed by atoms with Crippen LogP contribution in [-0.2, 0) is 6.54 Å². The summed E-state index contributed by atoms with van der Waals surface area (Å²) in [6, 6.07) is 8.03. The lowest BCUT2D eigenvalue weighted by atomic mass is 9.98. The van der Waals surface area contributed by atoms with Gasteiger partial charge < -0.3 is 20.1 Å². The Kier molecular flexibility index (Phi) is 6.56. The molecule has 0 bridgehead atoms. The van der Waals surface area contributed by atoms with Gasteiger partial charge in [-0.05, 0) is 62.1 Å². The second kappa shape index (κ2) is 9.09. The number of aliphatic hydroxyl groups excluding tert-OH is 1. The molecule has 0 unspecified atom stereocenters. The molecule has 3 rings (SSSR count). The number of likely N-dealkylation sites (tertiary alicyclic amines) is 1. The quantitative estimate of drug-likeness (QED) is 0.831. The van der Waals surface area contributed by atoms with Gasteiger partial charge >= 0.3 is 6.03 Å². The zero-order valence-electron chi connectivity index (χ0n) is 15.0. The summed E-state index contributed by atoms with van der Waals surface area (Å²) in [5.41, 5.74) is 1.06. The molecule has 25 heavy (non-hydrogen) atoms. The van der Waals surface area contributed by atoms with Crippen molar-refractivity contribution in [3.05, 3.63) is 29.8 Å². The summed E-state index contributed by atoms with van der Waals surface area (Å²) in [5.74, 6) is 1.34. The largest absolute Gasteiger partial charge is 0.490 e. The van der Waals surface area contributed by atoms with Gasteiger partial charge in [0.2, 0.25) is 0 Å². The summed E-state index contributed by atoms with van der Waals surface area (Å²) in [7, 11) is 0. The summed E-state index contributed by atoms with van der Waals surface area (Å²) in [4.78, 5) is 14.1. The third-order valence-corrected chi connectivity index (χ3v) is 5.31. The van der Waals surface area contributed by atoms with E-state index < -0.39 is 0 Å². The molecule has 1 aromatic rings. The van der Waals surface area contributed by atoms with Gasteiger partial charge in [0.05, 0.1) is 6.10 Å². The predicted octanol–water partition coefficient (Wildman–Crippen LogP) is 3.31. The Balaban J connectivity index is 1.46. The van der Waals surface area contributed by atoms with Crippen molar-refractivity contribution in [1.82, 2.24) is 10.2 Å². The average Bonchev–Trinajstić information content (AvgIpc) is 3.10. The number of urea groups is 1. The first kappa shape index (κ1) is 18.1. The molecule has 1 heterocycles. The average molecular weight is 346 g/mol. The second-order valence-electron chi connectivity index (χ2n) is 7.30. The highest BCUT2D eigenvalue weighted by Crippen LogP contribution is 2.24. The monoisotopic (exact) mass is 346 g/mol. The van der Waals surface area contributed by atoms with Gasteiger partial charge in [0, 0.05) is 26.2 Å². The van der Waals surface area contributed by atoms with Crippen LogP contribution in [0.25, 0.3) is 0 Å². The molecule has 2 N–H and O–H groups in total. The van der Waals surface area contributed by atoms with E-state index in [1.807, 2.05) is 29.2 Å². The third-order valence-electron chi connectivity index (χ3n) is 5.31. The Hall–Kier alpha value is -1.75. The van der Waals surface area contributed by atoms with Crippen molar-refractivity contribution < 1.29 is 14.6 Å². The summed E-state index contributed by atoms with van der Waals surface area (Å²) in [6.07, 6.45) is 8.23. The van der Waals surface area contributed by atoms with Crippen LogP contribution < -0.4 is 10.1 Å². The van der Waals surface area contributed by atoms with Crippen LogP contribution in [0.1, 0.15) is 50.5 Å². The molecule has 0 aromatic heterocycles. The molecule has 1 aromatic carbocycles. The first-order chi connectivity index (χ1) is 12.2. The van der Waals surface area contributed by atoms with Gasteiger partial charge in [0.15, 0.2) is 0 Å². The molecule has 0 radical (unpaired) electrons. The Bertz CT molecular complexity index is 558. The van der Waals surface area contributed by atoms with Crippen LogP contribution in [0.15, 0.2) is 24.3 Å². The number of ether oxygens (including phenoxy) is 1. The highest BCUT2D eigenvalue weighted by atomic mass is 16.5. The van der Waals surface area contributed by atoms with E-state index in [0.29, 0.717) is 18.6 Å². The van der Waals surface area contributed by atoms with Gasteiger partial charge in [0.25, 0.3) is 0 Å². The van der Waals surface area contributed by atoms with E-state index in [1.165, 1.54) is 19.3 Å². The maximum Gasteiger partial charge on any atom is 0.317 e. The van der Waals surface area contributed by atoms with Crippen LogP contribution in [-0.4, -0.2) is 41.8 Å². The zero-order chi connectivity index (χ0) is 17.5. The van der Waals surface area contributed by atoms with Gasteiger partial charge in [-0.3, -0.25) is 0 Å². The molecule has 1 aliphatic carbocycles. The number of nitrogens with zero attached hydrogens (tertiary/aromatic N) is 1. The molecule has 2 fully saturated rings. The van der Waals surface area contributed by atoms with Crippen LogP contribution in [0.3, 0.4) is 0 Å². The number of benzene rings is 1. The maximum atomic E-state index is 12.3. The van der Waals surface area contributed by atoms with Crippen molar-refractivity contribution in [1.29, 1.82) is 0 Å². The van der Waals surface area contributed by atoms with E-state index in [1.54, 1.807) is 0 Å². The zero-order valence-corrected chi connectivity index (χ0v) is 15.0. The van der Waals surface area contributed by atoms with Gasteiger partial charge in [-0.25, -0.2) is 4.79 Å². The maximum absolute atomic E-state index is 12.3.